The molecule has 4 heteroatoms. The fourth-order valence-corrected chi connectivity index (χ4v) is 1.92. The fourth-order valence-electron chi connectivity index (χ4n) is 1.92. The van der Waals surface area contributed by atoms with Crippen LogP contribution in [-0.2, 0) is 0 Å². The molecule has 0 heterocycles. The van der Waals surface area contributed by atoms with Crippen LogP contribution in [0.1, 0.15) is 37.4 Å². The van der Waals surface area contributed by atoms with Gasteiger partial charge in [-0.25, -0.2) is 9.59 Å². The van der Waals surface area contributed by atoms with Crippen LogP contribution in [0.15, 0.2) is 42.5 Å². The van der Waals surface area contributed by atoms with E-state index in [4.69, 9.17) is 10.2 Å². The van der Waals surface area contributed by atoms with Crippen molar-refractivity contribution in [1.82, 2.24) is 0 Å². The Morgan fingerprint density at radius 3 is 1.95 bits per heavy atom. The van der Waals surface area contributed by atoms with Crippen LogP contribution in [0.5, 0.6) is 0 Å². The third kappa shape index (κ3) is 3.57. The SMILES string of the molecule is Cc1cc(C(=O)O)ccc1/C=C/c1ccc(C(=O)O)cc1. The molecular formula is C17H14O4. The summed E-state index contributed by atoms with van der Waals surface area (Å²) < 4.78 is 0. The van der Waals surface area contributed by atoms with Gasteiger partial charge in [0.25, 0.3) is 0 Å². The Hall–Kier alpha value is -2.88. The molecule has 106 valence electrons. The van der Waals surface area contributed by atoms with Crippen LogP contribution in [0.3, 0.4) is 0 Å². The molecule has 0 fully saturated rings. The smallest absolute Gasteiger partial charge is 0.335 e. The molecule has 0 saturated heterocycles. The highest BCUT2D eigenvalue weighted by molar-refractivity contribution is 5.89. The van der Waals surface area contributed by atoms with Gasteiger partial charge in [-0.05, 0) is 47.9 Å². The van der Waals surface area contributed by atoms with E-state index in [1.165, 1.54) is 0 Å². The summed E-state index contributed by atoms with van der Waals surface area (Å²) in [4.78, 5) is 21.6. The van der Waals surface area contributed by atoms with Crippen LogP contribution in [0.25, 0.3) is 12.2 Å². The van der Waals surface area contributed by atoms with Crippen molar-refractivity contribution in [3.05, 3.63) is 70.3 Å². The summed E-state index contributed by atoms with van der Waals surface area (Å²) in [6.07, 6.45) is 3.73. The van der Waals surface area contributed by atoms with Gasteiger partial charge in [0.2, 0.25) is 0 Å². The molecule has 0 saturated carbocycles. The minimum absolute atomic E-state index is 0.245. The van der Waals surface area contributed by atoms with Crippen molar-refractivity contribution in [2.24, 2.45) is 0 Å². The summed E-state index contributed by atoms with van der Waals surface area (Å²) in [6.45, 7) is 1.85. The predicted octanol–water partition coefficient (Wildman–Crippen LogP) is 3.56. The summed E-state index contributed by atoms with van der Waals surface area (Å²) in [7, 11) is 0. The molecule has 0 aromatic heterocycles. The molecule has 2 aromatic rings. The summed E-state index contributed by atoms with van der Waals surface area (Å²) in [5.41, 5.74) is 3.17. The van der Waals surface area contributed by atoms with Crippen LogP contribution in [0, 0.1) is 6.92 Å². The molecule has 0 amide bonds. The first-order valence-electron chi connectivity index (χ1n) is 6.33. The lowest BCUT2D eigenvalue weighted by Gasteiger charge is -2.02. The molecule has 0 spiro atoms. The average molecular weight is 282 g/mol. The molecule has 0 bridgehead atoms. The van der Waals surface area contributed by atoms with Crippen molar-refractivity contribution in [3.8, 4) is 0 Å². The van der Waals surface area contributed by atoms with Gasteiger partial charge in [0, 0.05) is 0 Å². The zero-order chi connectivity index (χ0) is 15.4. The van der Waals surface area contributed by atoms with E-state index in [0.717, 1.165) is 16.7 Å². The summed E-state index contributed by atoms with van der Waals surface area (Å²) >= 11 is 0. The van der Waals surface area contributed by atoms with Crippen LogP contribution >= 0.6 is 0 Å². The summed E-state index contributed by atoms with van der Waals surface area (Å²) in [6, 6.07) is 11.5. The van der Waals surface area contributed by atoms with Crippen LogP contribution in [0.4, 0.5) is 0 Å². The number of carbonyl (C=O) groups is 2. The molecule has 0 aliphatic heterocycles. The Bertz CT molecular complexity index is 712. The van der Waals surface area contributed by atoms with Crippen LogP contribution in [0.2, 0.25) is 0 Å². The lowest BCUT2D eigenvalue weighted by molar-refractivity contribution is 0.0686. The van der Waals surface area contributed by atoms with Gasteiger partial charge >= 0.3 is 11.9 Å². The molecule has 0 aliphatic carbocycles. The Balaban J connectivity index is 2.21. The van der Waals surface area contributed by atoms with Gasteiger partial charge in [0.1, 0.15) is 0 Å². The van der Waals surface area contributed by atoms with Crippen molar-refractivity contribution < 1.29 is 19.8 Å². The second kappa shape index (κ2) is 6.05. The largest absolute Gasteiger partial charge is 0.478 e. The Labute approximate surface area is 122 Å². The van der Waals surface area contributed by atoms with Gasteiger partial charge < -0.3 is 10.2 Å². The number of hydrogen-bond acceptors (Lipinski definition) is 2. The van der Waals surface area contributed by atoms with Crippen molar-refractivity contribution in [3.63, 3.8) is 0 Å². The monoisotopic (exact) mass is 282 g/mol. The normalized spacial score (nSPS) is 10.7. The number of aryl methyl sites for hydroxylation is 1. The minimum Gasteiger partial charge on any atom is -0.478 e. The lowest BCUT2D eigenvalue weighted by Crippen LogP contribution is -1.97. The summed E-state index contributed by atoms with van der Waals surface area (Å²) in [5, 5.41) is 17.7. The van der Waals surface area contributed by atoms with E-state index in [-0.39, 0.29) is 11.1 Å². The maximum Gasteiger partial charge on any atom is 0.335 e. The minimum atomic E-state index is -0.953. The molecule has 2 rings (SSSR count). The second-order valence-corrected chi connectivity index (χ2v) is 4.64. The van der Waals surface area contributed by atoms with Crippen LogP contribution in [-0.4, -0.2) is 22.2 Å². The number of hydrogen-bond donors (Lipinski definition) is 2. The Morgan fingerprint density at radius 2 is 1.43 bits per heavy atom. The maximum absolute atomic E-state index is 10.9. The number of carboxylic acid groups (broad SMARTS) is 2. The molecule has 21 heavy (non-hydrogen) atoms. The molecule has 4 nitrogen and oxygen atoms in total. The van der Waals surface area contributed by atoms with Gasteiger partial charge in [-0.2, -0.15) is 0 Å². The maximum atomic E-state index is 10.9. The van der Waals surface area contributed by atoms with E-state index in [9.17, 15) is 9.59 Å². The number of rotatable bonds is 4. The van der Waals surface area contributed by atoms with Crippen molar-refractivity contribution >= 4 is 24.1 Å². The number of benzene rings is 2. The van der Waals surface area contributed by atoms with Gasteiger partial charge in [-0.15, -0.1) is 0 Å². The highest BCUT2D eigenvalue weighted by Crippen LogP contribution is 2.15. The standard InChI is InChI=1S/C17H14O4/c1-11-10-15(17(20)21)9-8-13(11)5-2-12-3-6-14(7-4-12)16(18)19/h2-10H,1H3,(H,18,19)(H,20,21)/b5-2+. The number of aromatic carboxylic acids is 2. The summed E-state index contributed by atoms with van der Waals surface area (Å²) in [5.74, 6) is -1.90. The molecule has 2 aromatic carbocycles. The zero-order valence-corrected chi connectivity index (χ0v) is 11.4. The fraction of sp³-hybridized carbons (Fsp3) is 0.0588. The topological polar surface area (TPSA) is 74.6 Å². The Morgan fingerprint density at radius 1 is 0.857 bits per heavy atom. The molecule has 0 atom stereocenters. The van der Waals surface area contributed by atoms with Crippen molar-refractivity contribution in [2.45, 2.75) is 6.92 Å². The first kappa shape index (κ1) is 14.5. The third-order valence-electron chi connectivity index (χ3n) is 3.13. The predicted molar refractivity (Wildman–Crippen MR) is 80.5 cm³/mol. The van der Waals surface area contributed by atoms with E-state index < -0.39 is 11.9 Å². The van der Waals surface area contributed by atoms with Crippen LogP contribution < -0.4 is 0 Å². The highest BCUT2D eigenvalue weighted by atomic mass is 16.4. The average Bonchev–Trinajstić information content (AvgIpc) is 2.46. The first-order chi connectivity index (χ1) is 9.97. The van der Waals surface area contributed by atoms with E-state index >= 15 is 0 Å². The number of carboxylic acids is 2. The zero-order valence-electron chi connectivity index (χ0n) is 11.4. The molecular weight excluding hydrogens is 268 g/mol. The molecule has 0 radical (unpaired) electrons. The van der Waals surface area contributed by atoms with Crippen molar-refractivity contribution in [1.29, 1.82) is 0 Å². The molecule has 0 unspecified atom stereocenters. The van der Waals surface area contributed by atoms with E-state index in [0.29, 0.717) is 0 Å². The Kier molecular flexibility index (Phi) is 4.18. The quantitative estimate of drug-likeness (QED) is 0.841. The lowest BCUT2D eigenvalue weighted by atomic mass is 10.0. The van der Waals surface area contributed by atoms with Gasteiger partial charge in [-0.1, -0.05) is 30.4 Å². The van der Waals surface area contributed by atoms with Gasteiger partial charge in [0.15, 0.2) is 0 Å². The second-order valence-electron chi connectivity index (χ2n) is 4.64. The highest BCUT2D eigenvalue weighted by Gasteiger charge is 2.04. The third-order valence-corrected chi connectivity index (χ3v) is 3.13. The first-order valence-corrected chi connectivity index (χ1v) is 6.33. The van der Waals surface area contributed by atoms with Gasteiger partial charge in [-0.3, -0.25) is 0 Å². The van der Waals surface area contributed by atoms with E-state index in [1.54, 1.807) is 42.5 Å². The van der Waals surface area contributed by atoms with E-state index in [1.807, 2.05) is 19.1 Å². The van der Waals surface area contributed by atoms with Crippen molar-refractivity contribution in [2.75, 3.05) is 0 Å². The molecule has 0 aliphatic rings. The van der Waals surface area contributed by atoms with Gasteiger partial charge in [0.05, 0.1) is 11.1 Å². The van der Waals surface area contributed by atoms with E-state index in [2.05, 4.69) is 0 Å². The molecule has 2 N–H and O–H groups in total.